The lowest BCUT2D eigenvalue weighted by molar-refractivity contribution is 0.183. The molecule has 1 aliphatic heterocycles. The average Bonchev–Trinajstić information content (AvgIpc) is 2.42. The molecule has 0 aromatic heterocycles. The van der Waals surface area contributed by atoms with E-state index in [0.29, 0.717) is 21.5 Å². The SMILES string of the molecule is CCN1CCC(C(C)Nc2c(Cl)cc(F)cc2Br)CC1. The molecule has 1 saturated heterocycles. The summed E-state index contributed by atoms with van der Waals surface area (Å²) in [4.78, 5) is 2.48. The van der Waals surface area contributed by atoms with Gasteiger partial charge in [-0.15, -0.1) is 0 Å². The Morgan fingerprint density at radius 1 is 1.45 bits per heavy atom. The minimum atomic E-state index is -0.323. The minimum Gasteiger partial charge on any atom is -0.380 e. The largest absolute Gasteiger partial charge is 0.380 e. The van der Waals surface area contributed by atoms with E-state index in [1.165, 1.54) is 25.0 Å². The van der Waals surface area contributed by atoms with Crippen molar-refractivity contribution in [3.05, 3.63) is 27.4 Å². The lowest BCUT2D eigenvalue weighted by Gasteiger charge is -2.35. The van der Waals surface area contributed by atoms with Gasteiger partial charge in [0.1, 0.15) is 5.82 Å². The Labute approximate surface area is 133 Å². The van der Waals surface area contributed by atoms with E-state index in [4.69, 9.17) is 11.6 Å². The third kappa shape index (κ3) is 3.86. The summed E-state index contributed by atoms with van der Waals surface area (Å²) in [5, 5.41) is 3.87. The summed E-state index contributed by atoms with van der Waals surface area (Å²) in [6.07, 6.45) is 2.39. The predicted molar refractivity (Wildman–Crippen MR) is 87.0 cm³/mol. The molecular weight excluding hydrogens is 343 g/mol. The van der Waals surface area contributed by atoms with Crippen molar-refractivity contribution in [3.63, 3.8) is 0 Å². The maximum absolute atomic E-state index is 13.2. The summed E-state index contributed by atoms with van der Waals surface area (Å²) < 4.78 is 13.9. The molecule has 0 spiro atoms. The Balaban J connectivity index is 2.00. The minimum absolute atomic E-state index is 0.323. The number of anilines is 1. The van der Waals surface area contributed by atoms with Gasteiger partial charge in [-0.05, 0) is 73.4 Å². The van der Waals surface area contributed by atoms with Gasteiger partial charge in [0.05, 0.1) is 10.7 Å². The van der Waals surface area contributed by atoms with Crippen LogP contribution in [0.2, 0.25) is 5.02 Å². The molecule has 5 heteroatoms. The van der Waals surface area contributed by atoms with Gasteiger partial charge < -0.3 is 10.2 Å². The molecule has 20 heavy (non-hydrogen) atoms. The molecule has 1 atom stereocenters. The first-order chi connectivity index (χ1) is 9.51. The van der Waals surface area contributed by atoms with Crippen molar-refractivity contribution >= 4 is 33.2 Å². The maximum atomic E-state index is 13.2. The van der Waals surface area contributed by atoms with Gasteiger partial charge in [-0.1, -0.05) is 18.5 Å². The zero-order valence-corrected chi connectivity index (χ0v) is 14.3. The number of nitrogens with zero attached hydrogens (tertiary/aromatic N) is 1. The normalized spacial score (nSPS) is 19.1. The van der Waals surface area contributed by atoms with Crippen LogP contribution in [0, 0.1) is 11.7 Å². The molecule has 1 unspecified atom stereocenters. The molecule has 1 aromatic carbocycles. The summed E-state index contributed by atoms with van der Waals surface area (Å²) in [5.74, 6) is 0.308. The molecule has 112 valence electrons. The molecule has 0 amide bonds. The topological polar surface area (TPSA) is 15.3 Å². The second-order valence-electron chi connectivity index (χ2n) is 5.45. The zero-order chi connectivity index (χ0) is 14.7. The Bertz CT molecular complexity index is 438. The molecule has 0 aliphatic carbocycles. The first kappa shape index (κ1) is 16.1. The molecule has 0 saturated carbocycles. The fraction of sp³-hybridized carbons (Fsp3) is 0.600. The Hall–Kier alpha value is -0.320. The van der Waals surface area contributed by atoms with E-state index >= 15 is 0 Å². The smallest absolute Gasteiger partial charge is 0.125 e. The van der Waals surface area contributed by atoms with Crippen molar-refractivity contribution in [2.45, 2.75) is 32.7 Å². The fourth-order valence-electron chi connectivity index (χ4n) is 2.79. The summed E-state index contributed by atoms with van der Waals surface area (Å²) in [6.45, 7) is 7.83. The Morgan fingerprint density at radius 2 is 2.10 bits per heavy atom. The molecule has 1 fully saturated rings. The van der Waals surface area contributed by atoms with Crippen molar-refractivity contribution in [3.8, 4) is 0 Å². The van der Waals surface area contributed by atoms with Gasteiger partial charge >= 0.3 is 0 Å². The summed E-state index contributed by atoms with van der Waals surface area (Å²) >= 11 is 9.50. The first-order valence-corrected chi connectivity index (χ1v) is 8.31. The van der Waals surface area contributed by atoms with Crippen LogP contribution < -0.4 is 5.32 Å². The molecular formula is C15H21BrClFN2. The van der Waals surface area contributed by atoms with Gasteiger partial charge in [-0.2, -0.15) is 0 Å². The van der Waals surface area contributed by atoms with Gasteiger partial charge in [0.25, 0.3) is 0 Å². The lowest BCUT2D eigenvalue weighted by Crippen LogP contribution is -2.39. The third-order valence-corrected chi connectivity index (χ3v) is 5.09. The number of hydrogen-bond acceptors (Lipinski definition) is 2. The fourth-order valence-corrected chi connectivity index (χ4v) is 3.72. The summed E-state index contributed by atoms with van der Waals surface area (Å²) in [7, 11) is 0. The van der Waals surface area contributed by atoms with E-state index in [1.54, 1.807) is 0 Å². The highest BCUT2D eigenvalue weighted by Gasteiger charge is 2.24. The van der Waals surface area contributed by atoms with Crippen LogP contribution in [0.4, 0.5) is 10.1 Å². The molecule has 2 rings (SSSR count). The highest BCUT2D eigenvalue weighted by Crippen LogP contribution is 2.34. The Morgan fingerprint density at radius 3 is 2.65 bits per heavy atom. The van der Waals surface area contributed by atoms with E-state index < -0.39 is 0 Å². The molecule has 2 nitrogen and oxygen atoms in total. The first-order valence-electron chi connectivity index (χ1n) is 7.14. The second kappa shape index (κ2) is 7.10. The predicted octanol–water partition coefficient (Wildman–Crippen LogP) is 4.77. The van der Waals surface area contributed by atoms with E-state index in [-0.39, 0.29) is 5.82 Å². The van der Waals surface area contributed by atoms with Gasteiger partial charge in [0.2, 0.25) is 0 Å². The van der Waals surface area contributed by atoms with Crippen LogP contribution in [0.15, 0.2) is 16.6 Å². The third-order valence-electron chi connectivity index (χ3n) is 4.17. The number of piperidine rings is 1. The van der Waals surface area contributed by atoms with Gasteiger partial charge in [0.15, 0.2) is 0 Å². The van der Waals surface area contributed by atoms with E-state index in [1.807, 2.05) is 0 Å². The van der Waals surface area contributed by atoms with E-state index in [0.717, 1.165) is 25.3 Å². The molecule has 0 radical (unpaired) electrons. The van der Waals surface area contributed by atoms with Crippen molar-refractivity contribution in [1.82, 2.24) is 4.90 Å². The highest BCUT2D eigenvalue weighted by molar-refractivity contribution is 9.10. The molecule has 1 aromatic rings. The van der Waals surface area contributed by atoms with Crippen molar-refractivity contribution in [2.75, 3.05) is 25.0 Å². The summed E-state index contributed by atoms with van der Waals surface area (Å²) in [6, 6.07) is 3.12. The maximum Gasteiger partial charge on any atom is 0.125 e. The number of likely N-dealkylation sites (tertiary alicyclic amines) is 1. The van der Waals surface area contributed by atoms with Crippen LogP contribution in [0.3, 0.4) is 0 Å². The van der Waals surface area contributed by atoms with Crippen molar-refractivity contribution in [2.24, 2.45) is 5.92 Å². The molecule has 0 bridgehead atoms. The van der Waals surface area contributed by atoms with Gasteiger partial charge in [0, 0.05) is 10.5 Å². The second-order valence-corrected chi connectivity index (χ2v) is 6.71. The number of nitrogens with one attached hydrogen (secondary N) is 1. The molecule has 1 heterocycles. The van der Waals surface area contributed by atoms with Crippen LogP contribution in [0.5, 0.6) is 0 Å². The lowest BCUT2D eigenvalue weighted by atomic mass is 9.90. The van der Waals surface area contributed by atoms with Crippen molar-refractivity contribution < 1.29 is 4.39 Å². The van der Waals surface area contributed by atoms with Crippen LogP contribution in [-0.4, -0.2) is 30.6 Å². The van der Waals surface area contributed by atoms with Crippen molar-refractivity contribution in [1.29, 1.82) is 0 Å². The monoisotopic (exact) mass is 362 g/mol. The quantitative estimate of drug-likeness (QED) is 0.828. The number of hydrogen-bond donors (Lipinski definition) is 1. The molecule has 1 aliphatic rings. The van der Waals surface area contributed by atoms with Gasteiger partial charge in [-0.25, -0.2) is 4.39 Å². The number of rotatable bonds is 4. The van der Waals surface area contributed by atoms with Gasteiger partial charge in [-0.3, -0.25) is 0 Å². The summed E-state index contributed by atoms with van der Waals surface area (Å²) in [5.41, 5.74) is 0.790. The van der Waals surface area contributed by atoms with Crippen LogP contribution in [0.1, 0.15) is 26.7 Å². The standard InChI is InChI=1S/C15H21BrClFN2/c1-3-20-6-4-11(5-7-20)10(2)19-15-13(16)8-12(18)9-14(15)17/h8-11,19H,3-7H2,1-2H3. The number of benzene rings is 1. The Kier molecular flexibility index (Phi) is 5.70. The van der Waals surface area contributed by atoms with Crippen LogP contribution in [-0.2, 0) is 0 Å². The van der Waals surface area contributed by atoms with Crippen LogP contribution in [0.25, 0.3) is 0 Å². The number of halogens is 3. The average molecular weight is 364 g/mol. The highest BCUT2D eigenvalue weighted by atomic mass is 79.9. The van der Waals surface area contributed by atoms with Crippen LogP contribution >= 0.6 is 27.5 Å². The molecule has 1 N–H and O–H groups in total. The van der Waals surface area contributed by atoms with E-state index in [2.05, 4.69) is 40.0 Å². The zero-order valence-electron chi connectivity index (χ0n) is 11.9. The van der Waals surface area contributed by atoms with E-state index in [9.17, 15) is 4.39 Å².